The third kappa shape index (κ3) is 3.04. The summed E-state index contributed by atoms with van der Waals surface area (Å²) in [5, 5.41) is 2.99. The van der Waals surface area contributed by atoms with Crippen LogP contribution in [0.4, 0.5) is 0 Å². The molecule has 4 nitrogen and oxygen atoms in total. The monoisotopic (exact) mass is 333 g/mol. The molecule has 1 saturated heterocycles. The van der Waals surface area contributed by atoms with E-state index in [1.54, 1.807) is 0 Å². The molecule has 0 aliphatic carbocycles. The standard InChI is InChI=1S/C16H19N3OS2/c1-11-15(12-5-3-2-4-6-12)19(7-8-21-11)16(20)13-10-22-14(9-17)18-13/h2-6,10-11,15H,7-9,17H2,1H3/t11-,15+/m1/s1. The van der Waals surface area contributed by atoms with Crippen LogP contribution in [-0.4, -0.2) is 33.3 Å². The molecule has 2 aromatic rings. The molecule has 0 saturated carbocycles. The van der Waals surface area contributed by atoms with E-state index in [9.17, 15) is 4.79 Å². The summed E-state index contributed by atoms with van der Waals surface area (Å²) in [7, 11) is 0. The second-order valence-corrected chi connectivity index (χ2v) is 7.69. The van der Waals surface area contributed by atoms with Gasteiger partial charge in [0.05, 0.1) is 6.04 Å². The van der Waals surface area contributed by atoms with Crippen molar-refractivity contribution in [3.05, 3.63) is 52.0 Å². The van der Waals surface area contributed by atoms with Gasteiger partial charge < -0.3 is 10.6 Å². The van der Waals surface area contributed by atoms with Crippen molar-refractivity contribution in [2.24, 2.45) is 5.73 Å². The normalized spacial score (nSPS) is 21.8. The van der Waals surface area contributed by atoms with Crippen LogP contribution in [0.2, 0.25) is 0 Å². The summed E-state index contributed by atoms with van der Waals surface area (Å²) in [5.74, 6) is 0.973. The zero-order chi connectivity index (χ0) is 15.5. The molecular weight excluding hydrogens is 314 g/mol. The van der Waals surface area contributed by atoms with E-state index in [1.807, 2.05) is 40.2 Å². The quantitative estimate of drug-likeness (QED) is 0.938. The molecule has 22 heavy (non-hydrogen) atoms. The second-order valence-electron chi connectivity index (χ2n) is 5.26. The van der Waals surface area contributed by atoms with Crippen molar-refractivity contribution < 1.29 is 4.79 Å². The Bertz CT molecular complexity index is 644. The van der Waals surface area contributed by atoms with Crippen LogP contribution in [0.15, 0.2) is 35.7 Å². The summed E-state index contributed by atoms with van der Waals surface area (Å²) in [4.78, 5) is 19.2. The first-order chi connectivity index (χ1) is 10.7. The minimum atomic E-state index is 0.0111. The Morgan fingerprint density at radius 2 is 2.18 bits per heavy atom. The van der Waals surface area contributed by atoms with E-state index in [4.69, 9.17) is 5.73 Å². The van der Waals surface area contributed by atoms with Crippen LogP contribution in [0.5, 0.6) is 0 Å². The third-order valence-electron chi connectivity index (χ3n) is 3.84. The molecular formula is C16H19N3OS2. The van der Waals surface area contributed by atoms with E-state index in [0.717, 1.165) is 17.3 Å². The number of hydrogen-bond acceptors (Lipinski definition) is 5. The number of thioether (sulfide) groups is 1. The molecule has 1 aromatic heterocycles. The molecule has 116 valence electrons. The van der Waals surface area contributed by atoms with Gasteiger partial charge in [-0.1, -0.05) is 37.3 Å². The number of nitrogens with zero attached hydrogens (tertiary/aromatic N) is 2. The van der Waals surface area contributed by atoms with Gasteiger partial charge >= 0.3 is 0 Å². The van der Waals surface area contributed by atoms with Crippen molar-refractivity contribution in [3.8, 4) is 0 Å². The number of aromatic nitrogens is 1. The average Bonchev–Trinajstić information content (AvgIpc) is 3.04. The summed E-state index contributed by atoms with van der Waals surface area (Å²) < 4.78 is 0. The molecule has 1 aromatic carbocycles. The van der Waals surface area contributed by atoms with Crippen LogP contribution in [0.1, 0.15) is 34.0 Å². The van der Waals surface area contributed by atoms with Crippen LogP contribution < -0.4 is 5.73 Å². The minimum Gasteiger partial charge on any atom is -0.328 e. The lowest BCUT2D eigenvalue weighted by Crippen LogP contribution is -2.44. The zero-order valence-electron chi connectivity index (χ0n) is 12.4. The number of benzene rings is 1. The van der Waals surface area contributed by atoms with Crippen molar-refractivity contribution in [3.63, 3.8) is 0 Å². The van der Waals surface area contributed by atoms with Crippen LogP contribution in [-0.2, 0) is 6.54 Å². The van der Waals surface area contributed by atoms with Gasteiger partial charge in [-0.05, 0) is 5.56 Å². The Labute approximate surface area is 138 Å². The largest absolute Gasteiger partial charge is 0.328 e. The molecule has 1 aliphatic heterocycles. The highest BCUT2D eigenvalue weighted by Crippen LogP contribution is 2.36. The Morgan fingerprint density at radius 3 is 2.86 bits per heavy atom. The Balaban J connectivity index is 1.90. The van der Waals surface area contributed by atoms with E-state index in [0.29, 0.717) is 17.5 Å². The van der Waals surface area contributed by atoms with Crippen LogP contribution in [0, 0.1) is 0 Å². The predicted octanol–water partition coefficient (Wildman–Crippen LogP) is 2.92. The highest BCUT2D eigenvalue weighted by Gasteiger charge is 2.34. The maximum Gasteiger partial charge on any atom is 0.273 e. The lowest BCUT2D eigenvalue weighted by atomic mass is 10.0. The van der Waals surface area contributed by atoms with E-state index in [-0.39, 0.29) is 11.9 Å². The van der Waals surface area contributed by atoms with Crippen molar-refractivity contribution in [1.29, 1.82) is 0 Å². The minimum absolute atomic E-state index is 0.0111. The maximum absolute atomic E-state index is 12.9. The fourth-order valence-electron chi connectivity index (χ4n) is 2.80. The van der Waals surface area contributed by atoms with Gasteiger partial charge in [0.2, 0.25) is 0 Å². The summed E-state index contributed by atoms with van der Waals surface area (Å²) in [6.45, 7) is 3.32. The van der Waals surface area contributed by atoms with E-state index in [1.165, 1.54) is 16.9 Å². The summed E-state index contributed by atoms with van der Waals surface area (Å²) >= 11 is 3.37. The van der Waals surface area contributed by atoms with Gasteiger partial charge in [-0.3, -0.25) is 4.79 Å². The number of thiazole rings is 1. The van der Waals surface area contributed by atoms with Gasteiger partial charge in [0, 0.05) is 29.5 Å². The molecule has 0 unspecified atom stereocenters. The molecule has 0 spiro atoms. The maximum atomic E-state index is 12.9. The van der Waals surface area contributed by atoms with Crippen molar-refractivity contribution in [2.45, 2.75) is 24.8 Å². The molecule has 2 atom stereocenters. The molecule has 1 amide bonds. The van der Waals surface area contributed by atoms with Crippen LogP contribution >= 0.6 is 23.1 Å². The molecule has 1 aliphatic rings. The van der Waals surface area contributed by atoms with Gasteiger partial charge in [-0.2, -0.15) is 11.8 Å². The van der Waals surface area contributed by atoms with E-state index in [2.05, 4.69) is 24.0 Å². The Morgan fingerprint density at radius 1 is 1.41 bits per heavy atom. The van der Waals surface area contributed by atoms with Crippen LogP contribution in [0.25, 0.3) is 0 Å². The summed E-state index contributed by atoms with van der Waals surface area (Å²) in [6, 6.07) is 10.3. The fourth-order valence-corrected chi connectivity index (χ4v) is 4.61. The SMILES string of the molecule is C[C@H]1SCCN(C(=O)c2csc(CN)n2)[C@@H]1c1ccccc1. The highest BCUT2D eigenvalue weighted by atomic mass is 32.2. The molecule has 2 heterocycles. The first kappa shape index (κ1) is 15.5. The van der Waals surface area contributed by atoms with Crippen molar-refractivity contribution in [1.82, 2.24) is 9.88 Å². The van der Waals surface area contributed by atoms with Gasteiger partial charge in [-0.25, -0.2) is 4.98 Å². The zero-order valence-corrected chi connectivity index (χ0v) is 14.1. The molecule has 0 bridgehead atoms. The number of hydrogen-bond donors (Lipinski definition) is 1. The molecule has 2 N–H and O–H groups in total. The number of carbonyl (C=O) groups is 1. The van der Waals surface area contributed by atoms with Gasteiger partial charge in [0.25, 0.3) is 5.91 Å². The first-order valence-corrected chi connectivity index (χ1v) is 9.25. The number of nitrogens with two attached hydrogens (primary N) is 1. The average molecular weight is 333 g/mol. The highest BCUT2D eigenvalue weighted by molar-refractivity contribution is 8.00. The summed E-state index contributed by atoms with van der Waals surface area (Å²) in [6.07, 6.45) is 0. The lowest BCUT2D eigenvalue weighted by molar-refractivity contribution is 0.0675. The number of amides is 1. The van der Waals surface area contributed by atoms with E-state index >= 15 is 0 Å². The summed E-state index contributed by atoms with van der Waals surface area (Å²) in [5.41, 5.74) is 7.31. The molecule has 0 radical (unpaired) electrons. The predicted molar refractivity (Wildman–Crippen MR) is 92.1 cm³/mol. The van der Waals surface area contributed by atoms with Crippen LogP contribution in [0.3, 0.4) is 0 Å². The number of rotatable bonds is 3. The Kier molecular flexibility index (Phi) is 4.81. The van der Waals surface area contributed by atoms with Crippen molar-refractivity contribution in [2.75, 3.05) is 12.3 Å². The van der Waals surface area contributed by atoms with Gasteiger partial charge in [-0.15, -0.1) is 11.3 Å². The lowest BCUT2D eigenvalue weighted by Gasteiger charge is -2.39. The smallest absolute Gasteiger partial charge is 0.273 e. The topological polar surface area (TPSA) is 59.2 Å². The molecule has 6 heteroatoms. The fraction of sp³-hybridized carbons (Fsp3) is 0.375. The molecule has 3 rings (SSSR count). The van der Waals surface area contributed by atoms with E-state index < -0.39 is 0 Å². The molecule has 1 fully saturated rings. The third-order valence-corrected chi connectivity index (χ3v) is 5.91. The van der Waals surface area contributed by atoms with Crippen molar-refractivity contribution >= 4 is 29.0 Å². The van der Waals surface area contributed by atoms with Gasteiger partial charge in [0.1, 0.15) is 10.7 Å². The number of carbonyl (C=O) groups excluding carboxylic acids is 1. The second kappa shape index (κ2) is 6.81. The van der Waals surface area contributed by atoms with Gasteiger partial charge in [0.15, 0.2) is 0 Å². The first-order valence-electron chi connectivity index (χ1n) is 7.32. The Hall–Kier alpha value is -1.37.